The van der Waals surface area contributed by atoms with Crippen LogP contribution in [0, 0.1) is 0 Å². The number of likely N-dealkylation sites (N-methyl/N-ethyl adjacent to an activating group) is 1. The van der Waals surface area contributed by atoms with Crippen LogP contribution in [0.5, 0.6) is 0 Å². The van der Waals surface area contributed by atoms with E-state index in [0.29, 0.717) is 6.42 Å². The van der Waals surface area contributed by atoms with Gasteiger partial charge in [0.15, 0.2) is 6.04 Å². The maximum atomic E-state index is 12.1. The minimum atomic E-state index is -0.185. The second-order valence-electron chi connectivity index (χ2n) is 5.67. The number of carbonyl (C=O) groups excluding carboxylic acids is 2. The first kappa shape index (κ1) is 14.4. The number of benzene rings is 1. The summed E-state index contributed by atoms with van der Waals surface area (Å²) in [6.07, 6.45) is 0.353. The summed E-state index contributed by atoms with van der Waals surface area (Å²) in [5.41, 5.74) is 1.16. The van der Waals surface area contributed by atoms with Gasteiger partial charge >= 0.3 is 0 Å². The Hall–Kier alpha value is -1.59. The lowest BCUT2D eigenvalue weighted by molar-refractivity contribution is -0.915. The number of amides is 2. The van der Waals surface area contributed by atoms with Crippen molar-refractivity contribution >= 4 is 29.1 Å². The number of halogens is 1. The monoisotopic (exact) mass is 308 g/mol. The number of imide groups is 1. The summed E-state index contributed by atoms with van der Waals surface area (Å²) in [6, 6.07) is 7.64. The molecule has 21 heavy (non-hydrogen) atoms. The van der Waals surface area contributed by atoms with Gasteiger partial charge in [-0.15, -0.1) is 0 Å². The number of nitrogens with one attached hydrogen (secondary N) is 1. The summed E-state index contributed by atoms with van der Waals surface area (Å²) in [6.45, 7) is 3.53. The summed E-state index contributed by atoms with van der Waals surface area (Å²) in [4.78, 5) is 28.5. The first-order valence-corrected chi connectivity index (χ1v) is 7.59. The van der Waals surface area contributed by atoms with E-state index < -0.39 is 0 Å². The van der Waals surface area contributed by atoms with Crippen molar-refractivity contribution in [1.82, 2.24) is 4.90 Å². The Kier molecular flexibility index (Phi) is 3.87. The molecule has 3 rings (SSSR count). The van der Waals surface area contributed by atoms with Crippen molar-refractivity contribution in [3.63, 3.8) is 0 Å². The third kappa shape index (κ3) is 2.76. The zero-order chi connectivity index (χ0) is 15.0. The second-order valence-corrected chi connectivity index (χ2v) is 6.11. The molecule has 6 heteroatoms. The Morgan fingerprint density at radius 2 is 1.76 bits per heavy atom. The first-order chi connectivity index (χ1) is 10.1. The van der Waals surface area contributed by atoms with Gasteiger partial charge in [0.1, 0.15) is 0 Å². The molecule has 1 aromatic rings. The number of hydrogen-bond donors (Lipinski definition) is 1. The highest BCUT2D eigenvalue weighted by atomic mass is 35.5. The predicted molar refractivity (Wildman–Crippen MR) is 80.5 cm³/mol. The molecule has 1 N–H and O–H groups in total. The molecule has 2 fully saturated rings. The fourth-order valence-electron chi connectivity index (χ4n) is 3.13. The van der Waals surface area contributed by atoms with Crippen molar-refractivity contribution in [3.05, 3.63) is 29.3 Å². The third-order valence-electron chi connectivity index (χ3n) is 4.47. The highest BCUT2D eigenvalue weighted by Gasteiger charge is 2.43. The number of likely N-dealkylation sites (tertiary alicyclic amines) is 1. The second kappa shape index (κ2) is 5.66. The van der Waals surface area contributed by atoms with E-state index in [0.717, 1.165) is 36.9 Å². The quantitative estimate of drug-likeness (QED) is 0.770. The van der Waals surface area contributed by atoms with Gasteiger partial charge < -0.3 is 9.80 Å². The molecule has 0 radical (unpaired) electrons. The third-order valence-corrected chi connectivity index (χ3v) is 4.72. The van der Waals surface area contributed by atoms with Gasteiger partial charge in [0.05, 0.1) is 32.6 Å². The fourth-order valence-corrected chi connectivity index (χ4v) is 3.25. The summed E-state index contributed by atoms with van der Waals surface area (Å²) in [7, 11) is 1.58. The van der Waals surface area contributed by atoms with E-state index in [1.807, 2.05) is 24.3 Å². The minimum Gasteiger partial charge on any atom is -0.360 e. The fraction of sp³-hybridized carbons (Fsp3) is 0.467. The molecule has 1 atom stereocenters. The Labute approximate surface area is 129 Å². The average Bonchev–Trinajstić information content (AvgIpc) is 2.76. The van der Waals surface area contributed by atoms with Crippen LogP contribution in [-0.4, -0.2) is 56.0 Å². The number of piperazine rings is 1. The normalized spacial score (nSPS) is 24.0. The van der Waals surface area contributed by atoms with Gasteiger partial charge in [0.2, 0.25) is 5.91 Å². The summed E-state index contributed by atoms with van der Waals surface area (Å²) < 4.78 is 0. The number of rotatable bonds is 2. The lowest BCUT2D eigenvalue weighted by Gasteiger charge is -2.35. The van der Waals surface area contributed by atoms with Crippen LogP contribution in [0.4, 0.5) is 5.69 Å². The van der Waals surface area contributed by atoms with E-state index in [4.69, 9.17) is 11.6 Å². The highest BCUT2D eigenvalue weighted by molar-refractivity contribution is 6.30. The molecule has 0 spiro atoms. The molecule has 112 valence electrons. The van der Waals surface area contributed by atoms with Crippen molar-refractivity contribution in [1.29, 1.82) is 0 Å². The molecular formula is C15H19ClN3O2+. The van der Waals surface area contributed by atoms with Crippen LogP contribution in [0.15, 0.2) is 24.3 Å². The molecule has 0 bridgehead atoms. The van der Waals surface area contributed by atoms with Gasteiger partial charge in [0, 0.05) is 17.8 Å². The average molecular weight is 309 g/mol. The topological polar surface area (TPSA) is 45.1 Å². The molecule has 1 aromatic carbocycles. The first-order valence-electron chi connectivity index (χ1n) is 7.22. The van der Waals surface area contributed by atoms with Crippen molar-refractivity contribution in [2.24, 2.45) is 0 Å². The van der Waals surface area contributed by atoms with E-state index in [1.165, 1.54) is 9.80 Å². The molecule has 0 aliphatic carbocycles. The molecule has 2 aliphatic rings. The Balaban J connectivity index is 1.62. The zero-order valence-corrected chi connectivity index (χ0v) is 12.8. The van der Waals surface area contributed by atoms with E-state index in [2.05, 4.69) is 4.90 Å². The van der Waals surface area contributed by atoms with E-state index in [9.17, 15) is 9.59 Å². The van der Waals surface area contributed by atoms with E-state index in [-0.39, 0.29) is 17.9 Å². The Bertz CT molecular complexity index is 553. The highest BCUT2D eigenvalue weighted by Crippen LogP contribution is 2.18. The molecule has 0 aromatic heterocycles. The van der Waals surface area contributed by atoms with Crippen LogP contribution >= 0.6 is 11.6 Å². The summed E-state index contributed by atoms with van der Waals surface area (Å²) in [5.74, 6) is -0.0902. The van der Waals surface area contributed by atoms with Crippen molar-refractivity contribution in [2.75, 3.05) is 38.1 Å². The van der Waals surface area contributed by atoms with Crippen LogP contribution in [0.25, 0.3) is 0 Å². The van der Waals surface area contributed by atoms with Gasteiger partial charge in [-0.05, 0) is 24.3 Å². The van der Waals surface area contributed by atoms with Crippen molar-refractivity contribution in [2.45, 2.75) is 12.5 Å². The maximum absolute atomic E-state index is 12.1. The van der Waals surface area contributed by atoms with Crippen LogP contribution in [0.2, 0.25) is 5.02 Å². The lowest BCUT2D eigenvalue weighted by atomic mass is 10.1. The minimum absolute atomic E-state index is 0.0325. The van der Waals surface area contributed by atoms with Crippen LogP contribution < -0.4 is 9.80 Å². The lowest BCUT2D eigenvalue weighted by Crippen LogP contribution is -3.19. The van der Waals surface area contributed by atoms with Gasteiger partial charge in [-0.2, -0.15) is 0 Å². The number of carbonyl (C=O) groups is 2. The SMILES string of the molecule is CN1C(=O)C[C@H]([NH+]2CCN(c3ccc(Cl)cc3)CC2)C1=O. The number of quaternary nitrogens is 1. The Morgan fingerprint density at radius 3 is 2.29 bits per heavy atom. The standard InChI is InChI=1S/C15H18ClN3O2/c1-17-14(20)10-13(15(17)21)19-8-6-18(7-9-19)12-4-2-11(16)3-5-12/h2-5,13H,6-10H2,1H3/p+1/t13-/m0/s1. The van der Waals surface area contributed by atoms with Gasteiger partial charge in [0.25, 0.3) is 5.91 Å². The zero-order valence-electron chi connectivity index (χ0n) is 12.0. The largest absolute Gasteiger partial charge is 0.360 e. The number of anilines is 1. The van der Waals surface area contributed by atoms with Crippen LogP contribution in [0.1, 0.15) is 6.42 Å². The molecule has 5 nitrogen and oxygen atoms in total. The van der Waals surface area contributed by atoms with Crippen LogP contribution in [-0.2, 0) is 9.59 Å². The molecule has 0 unspecified atom stereocenters. The predicted octanol–water partition coefficient (Wildman–Crippen LogP) is -0.198. The van der Waals surface area contributed by atoms with Gasteiger partial charge in [-0.3, -0.25) is 14.5 Å². The van der Waals surface area contributed by atoms with Gasteiger partial charge in [-0.1, -0.05) is 11.6 Å². The summed E-state index contributed by atoms with van der Waals surface area (Å²) >= 11 is 5.91. The Morgan fingerprint density at radius 1 is 1.14 bits per heavy atom. The molecule has 0 saturated carbocycles. The molecule has 2 saturated heterocycles. The number of hydrogen-bond acceptors (Lipinski definition) is 3. The van der Waals surface area contributed by atoms with Crippen molar-refractivity contribution < 1.29 is 14.5 Å². The molecular weight excluding hydrogens is 290 g/mol. The smallest absolute Gasteiger partial charge is 0.287 e. The van der Waals surface area contributed by atoms with Crippen molar-refractivity contribution in [3.8, 4) is 0 Å². The number of nitrogens with zero attached hydrogens (tertiary/aromatic N) is 2. The summed E-state index contributed by atoms with van der Waals surface area (Å²) in [5, 5.41) is 0.737. The molecule has 2 heterocycles. The van der Waals surface area contributed by atoms with E-state index in [1.54, 1.807) is 7.05 Å². The maximum Gasteiger partial charge on any atom is 0.287 e. The van der Waals surface area contributed by atoms with Crippen LogP contribution in [0.3, 0.4) is 0 Å². The van der Waals surface area contributed by atoms with Gasteiger partial charge in [-0.25, -0.2) is 0 Å². The molecule has 2 aliphatic heterocycles. The van der Waals surface area contributed by atoms with E-state index >= 15 is 0 Å². The molecule has 2 amide bonds.